The molecular weight excluding hydrogens is 277 g/mol. The number of ether oxygens (including phenoxy) is 1. The largest absolute Gasteiger partial charge is 0.490 e. The van der Waals surface area contributed by atoms with Gasteiger partial charge in [-0.3, -0.25) is 10.1 Å². The molecule has 0 heterocycles. The van der Waals surface area contributed by atoms with E-state index in [-0.39, 0.29) is 18.0 Å². The maximum atomic E-state index is 13.7. The number of nitrogens with zero attached hydrogens (tertiary/aromatic N) is 2. The topological polar surface area (TPSA) is 102 Å². The number of nitriles is 1. The van der Waals surface area contributed by atoms with Gasteiger partial charge in [0.25, 0.3) is 5.69 Å². The van der Waals surface area contributed by atoms with Gasteiger partial charge in [0.2, 0.25) is 0 Å². The van der Waals surface area contributed by atoms with Crippen molar-refractivity contribution in [3.8, 4) is 11.8 Å². The van der Waals surface area contributed by atoms with E-state index < -0.39 is 16.3 Å². The third-order valence-electron chi connectivity index (χ3n) is 3.33. The molecule has 6 nitrogen and oxygen atoms in total. The molecule has 0 aliphatic heterocycles. The third kappa shape index (κ3) is 4.39. The van der Waals surface area contributed by atoms with Gasteiger partial charge < -0.3 is 10.5 Å². The van der Waals surface area contributed by atoms with Crippen LogP contribution in [0, 0.1) is 34.2 Å². The number of halogens is 1. The smallest absolute Gasteiger partial charge is 0.275 e. The highest BCUT2D eigenvalue weighted by Gasteiger charge is 2.21. The maximum Gasteiger partial charge on any atom is 0.275 e. The van der Waals surface area contributed by atoms with Gasteiger partial charge in [-0.2, -0.15) is 5.26 Å². The van der Waals surface area contributed by atoms with Crippen molar-refractivity contribution in [2.24, 2.45) is 5.73 Å². The van der Waals surface area contributed by atoms with Gasteiger partial charge in [0.05, 0.1) is 23.7 Å². The quantitative estimate of drug-likeness (QED) is 0.473. The molecule has 0 fully saturated rings. The zero-order chi connectivity index (χ0) is 16.0. The van der Waals surface area contributed by atoms with Crippen LogP contribution in [0.15, 0.2) is 12.1 Å². The summed E-state index contributed by atoms with van der Waals surface area (Å²) >= 11 is 0. The second-order valence-electron chi connectivity index (χ2n) is 4.90. The zero-order valence-corrected chi connectivity index (χ0v) is 12.1. The molecule has 0 saturated carbocycles. The van der Waals surface area contributed by atoms with Crippen molar-refractivity contribution in [3.05, 3.63) is 33.6 Å². The van der Waals surface area contributed by atoms with Gasteiger partial charge in [-0.1, -0.05) is 6.92 Å². The molecule has 7 heteroatoms. The average Bonchev–Trinajstić information content (AvgIpc) is 2.46. The normalized spacial score (nSPS) is 13.3. The lowest BCUT2D eigenvalue weighted by Gasteiger charge is -2.19. The summed E-state index contributed by atoms with van der Waals surface area (Å²) in [6.07, 6.45) is 1.45. The number of benzene rings is 1. The first kappa shape index (κ1) is 16.9. The lowest BCUT2D eigenvalue weighted by Crippen LogP contribution is -2.37. The monoisotopic (exact) mass is 295 g/mol. The van der Waals surface area contributed by atoms with Crippen molar-refractivity contribution in [2.45, 2.75) is 38.6 Å². The number of aryl methyl sites for hydroxylation is 1. The Hall–Kier alpha value is -2.20. The predicted octanol–water partition coefficient (Wildman–Crippen LogP) is 2.83. The molecule has 1 atom stereocenters. The standard InChI is InChI=1S/C14H18FN3O3/c1-3-14(17,9-16)5-4-6-21-13-7-10(2)12(18(19)20)8-11(13)15/h7-8H,3-6,17H2,1-2H3. The molecule has 1 aromatic rings. The van der Waals surface area contributed by atoms with Crippen LogP contribution in [-0.2, 0) is 0 Å². The number of nitrogens with two attached hydrogens (primary N) is 1. The minimum atomic E-state index is -0.896. The minimum Gasteiger partial charge on any atom is -0.490 e. The molecule has 0 amide bonds. The Kier molecular flexibility index (Phi) is 5.61. The molecule has 0 spiro atoms. The van der Waals surface area contributed by atoms with Crippen molar-refractivity contribution in [3.63, 3.8) is 0 Å². The summed E-state index contributed by atoms with van der Waals surface area (Å²) in [7, 11) is 0. The fourth-order valence-corrected chi connectivity index (χ4v) is 1.83. The van der Waals surface area contributed by atoms with Crippen LogP contribution in [0.5, 0.6) is 5.75 Å². The van der Waals surface area contributed by atoms with Crippen molar-refractivity contribution < 1.29 is 14.1 Å². The Balaban J connectivity index is 2.63. The Labute approximate surface area is 122 Å². The van der Waals surface area contributed by atoms with E-state index in [0.29, 0.717) is 24.8 Å². The molecule has 0 aliphatic carbocycles. The van der Waals surface area contributed by atoms with Crippen LogP contribution in [0.3, 0.4) is 0 Å². The Bertz CT molecular complexity index is 571. The third-order valence-corrected chi connectivity index (χ3v) is 3.33. The van der Waals surface area contributed by atoms with E-state index in [1.165, 1.54) is 13.0 Å². The summed E-state index contributed by atoms with van der Waals surface area (Å²) in [4.78, 5) is 10.0. The highest BCUT2D eigenvalue weighted by molar-refractivity contribution is 5.45. The molecular formula is C14H18FN3O3. The molecule has 0 radical (unpaired) electrons. The number of rotatable bonds is 7. The maximum absolute atomic E-state index is 13.7. The van der Waals surface area contributed by atoms with E-state index in [1.54, 1.807) is 0 Å². The van der Waals surface area contributed by atoms with Gasteiger partial charge in [0.1, 0.15) is 5.54 Å². The van der Waals surface area contributed by atoms with Gasteiger partial charge in [0.15, 0.2) is 11.6 Å². The van der Waals surface area contributed by atoms with Gasteiger partial charge in [-0.15, -0.1) is 0 Å². The Morgan fingerprint density at radius 3 is 2.76 bits per heavy atom. The highest BCUT2D eigenvalue weighted by atomic mass is 19.1. The van der Waals surface area contributed by atoms with Crippen LogP contribution >= 0.6 is 0 Å². The van der Waals surface area contributed by atoms with Crippen molar-refractivity contribution in [2.75, 3.05) is 6.61 Å². The first-order valence-corrected chi connectivity index (χ1v) is 6.60. The average molecular weight is 295 g/mol. The van der Waals surface area contributed by atoms with Gasteiger partial charge in [-0.25, -0.2) is 4.39 Å². The molecule has 1 aromatic carbocycles. The van der Waals surface area contributed by atoms with Gasteiger partial charge in [-0.05, 0) is 32.3 Å². The van der Waals surface area contributed by atoms with Crippen LogP contribution in [-0.4, -0.2) is 17.1 Å². The first-order chi connectivity index (χ1) is 9.83. The Morgan fingerprint density at radius 2 is 2.24 bits per heavy atom. The number of nitro benzene ring substituents is 1. The van der Waals surface area contributed by atoms with Crippen LogP contribution in [0.2, 0.25) is 0 Å². The summed E-state index contributed by atoms with van der Waals surface area (Å²) in [6, 6.07) is 4.19. The number of hydrogen-bond donors (Lipinski definition) is 1. The van der Waals surface area contributed by atoms with Crippen LogP contribution in [0.1, 0.15) is 31.7 Å². The first-order valence-electron chi connectivity index (χ1n) is 6.60. The van der Waals surface area contributed by atoms with Gasteiger partial charge >= 0.3 is 0 Å². The summed E-state index contributed by atoms with van der Waals surface area (Å²) in [5.41, 5.74) is 4.97. The Morgan fingerprint density at radius 1 is 1.57 bits per heavy atom. The minimum absolute atomic E-state index is 0.0332. The lowest BCUT2D eigenvalue weighted by atomic mass is 9.94. The molecule has 2 N–H and O–H groups in total. The predicted molar refractivity (Wildman–Crippen MR) is 75.3 cm³/mol. The summed E-state index contributed by atoms with van der Waals surface area (Å²) in [5.74, 6) is -0.809. The van der Waals surface area contributed by atoms with Crippen LogP contribution in [0.25, 0.3) is 0 Å². The van der Waals surface area contributed by atoms with E-state index in [0.717, 1.165) is 6.07 Å². The second-order valence-corrected chi connectivity index (χ2v) is 4.90. The van der Waals surface area contributed by atoms with E-state index in [1.807, 2.05) is 13.0 Å². The molecule has 21 heavy (non-hydrogen) atoms. The second kappa shape index (κ2) is 6.99. The molecule has 114 valence electrons. The molecule has 0 aliphatic rings. The summed E-state index contributed by atoms with van der Waals surface area (Å²) in [5, 5.41) is 19.6. The molecule has 1 unspecified atom stereocenters. The summed E-state index contributed by atoms with van der Waals surface area (Å²) < 4.78 is 19.0. The van der Waals surface area contributed by atoms with Crippen LogP contribution < -0.4 is 10.5 Å². The van der Waals surface area contributed by atoms with Crippen LogP contribution in [0.4, 0.5) is 10.1 Å². The fraction of sp³-hybridized carbons (Fsp3) is 0.500. The van der Waals surface area contributed by atoms with Crippen molar-refractivity contribution in [1.29, 1.82) is 5.26 Å². The number of nitro groups is 1. The molecule has 0 bridgehead atoms. The fourth-order valence-electron chi connectivity index (χ4n) is 1.83. The van der Waals surface area contributed by atoms with E-state index in [4.69, 9.17) is 15.7 Å². The molecule has 0 aromatic heterocycles. The van der Waals surface area contributed by atoms with E-state index in [9.17, 15) is 14.5 Å². The van der Waals surface area contributed by atoms with Gasteiger partial charge in [0, 0.05) is 5.56 Å². The SMILES string of the molecule is CCC(N)(C#N)CCCOc1cc(C)c([N+](=O)[O-])cc1F. The summed E-state index contributed by atoms with van der Waals surface area (Å²) in [6.45, 7) is 3.53. The zero-order valence-electron chi connectivity index (χ0n) is 12.1. The molecule has 0 saturated heterocycles. The highest BCUT2D eigenvalue weighted by Crippen LogP contribution is 2.27. The van der Waals surface area contributed by atoms with E-state index in [2.05, 4.69) is 0 Å². The lowest BCUT2D eigenvalue weighted by molar-refractivity contribution is -0.385. The van der Waals surface area contributed by atoms with Crippen molar-refractivity contribution in [1.82, 2.24) is 0 Å². The van der Waals surface area contributed by atoms with E-state index >= 15 is 0 Å². The number of hydrogen-bond acceptors (Lipinski definition) is 5. The molecule has 1 rings (SSSR count). The van der Waals surface area contributed by atoms with Crippen molar-refractivity contribution >= 4 is 5.69 Å².